The molecule has 0 saturated heterocycles. The molecule has 0 aromatic carbocycles. The van der Waals surface area contributed by atoms with Gasteiger partial charge in [0.05, 0.1) is 29.2 Å². The van der Waals surface area contributed by atoms with Gasteiger partial charge < -0.3 is 25.2 Å². The van der Waals surface area contributed by atoms with Crippen LogP contribution in [0.2, 0.25) is 0 Å². The van der Waals surface area contributed by atoms with E-state index in [1.807, 2.05) is 0 Å². The summed E-state index contributed by atoms with van der Waals surface area (Å²) in [4.78, 5) is 25.3. The van der Waals surface area contributed by atoms with Gasteiger partial charge >= 0.3 is 0 Å². The number of ether oxygens (including phenoxy) is 2. The van der Waals surface area contributed by atoms with Gasteiger partial charge in [0.1, 0.15) is 19.4 Å². The Kier molecular flexibility index (Phi) is 8.66. The summed E-state index contributed by atoms with van der Waals surface area (Å²) < 4.78 is 25.4. The van der Waals surface area contributed by atoms with Crippen molar-refractivity contribution in [1.82, 2.24) is 10.6 Å². The highest BCUT2D eigenvalue weighted by Gasteiger charge is 2.55. The van der Waals surface area contributed by atoms with Gasteiger partial charge in [0, 0.05) is 12.0 Å². The second-order valence-corrected chi connectivity index (χ2v) is 12.4. The Morgan fingerprint density at radius 2 is 1.51 bits per heavy atom. The smallest absolute Gasteiger partial charge is 0.246 e. The van der Waals surface area contributed by atoms with Crippen LogP contribution in [0.5, 0.6) is 0 Å². The number of carbonyl (C=O) groups is 2. The normalized spacial score (nSPS) is 43.5. The number of fused-ring (bicyclic) bond motifs is 3. The first-order chi connectivity index (χ1) is 16.6. The summed E-state index contributed by atoms with van der Waals surface area (Å²) in [5.74, 6) is 0.792. The maximum absolute atomic E-state index is 13.8. The first kappa shape index (κ1) is 27.1. The van der Waals surface area contributed by atoms with Gasteiger partial charge in [-0.1, -0.05) is 13.8 Å². The van der Waals surface area contributed by atoms with Crippen LogP contribution in [-0.4, -0.2) is 71.1 Å². The second kappa shape index (κ2) is 11.2. The minimum absolute atomic E-state index is 0.0170. The van der Waals surface area contributed by atoms with Gasteiger partial charge in [-0.2, -0.15) is 0 Å². The molecule has 0 spiro atoms. The van der Waals surface area contributed by atoms with Gasteiger partial charge in [0.15, 0.2) is 0 Å². The summed E-state index contributed by atoms with van der Waals surface area (Å²) >= 11 is 5.92. The largest absolute Gasteiger partial charge is 0.391 e. The number of aliphatic hydroxyl groups excluding tert-OH is 1. The molecule has 9 heteroatoms. The number of alkyl halides is 2. The molecule has 0 aromatic heterocycles. The Balaban J connectivity index is 1.21. The molecule has 5 fully saturated rings. The Labute approximate surface area is 213 Å². The molecule has 5 aliphatic carbocycles. The van der Waals surface area contributed by atoms with E-state index < -0.39 is 28.7 Å². The first-order valence-corrected chi connectivity index (χ1v) is 13.8. The second-order valence-electron chi connectivity index (χ2n) is 11.9. The van der Waals surface area contributed by atoms with Crippen LogP contribution in [0.1, 0.15) is 84.5 Å². The van der Waals surface area contributed by atoms with Gasteiger partial charge in [-0.25, -0.2) is 4.39 Å². The molecule has 0 aliphatic heterocycles. The van der Waals surface area contributed by atoms with Crippen molar-refractivity contribution in [2.45, 2.75) is 125 Å². The summed E-state index contributed by atoms with van der Waals surface area (Å²) in [6, 6.07) is 0. The van der Waals surface area contributed by atoms with Crippen molar-refractivity contribution in [3.05, 3.63) is 0 Å². The standard InChI is InChI=1S/C26H42ClFN2O5/c1-16-9-17(2)11-19(10-16)35-15-24(33)30-26-7-5-25(6-8-26,13-22(26)31)29-23(32)14-34-18-3-4-20(27)21(28)12-18/h16-22,31H,3-15H2,1-2H3,(H,29,32)(H,30,33)/t16?,17?,18?,19?,20?,21?,22-,25?,26?/m0/s1. The number of hydrogen-bond acceptors (Lipinski definition) is 5. The van der Waals surface area contributed by atoms with Crippen LogP contribution in [0.4, 0.5) is 4.39 Å². The SMILES string of the molecule is CC1CC(C)CC(OCC(=O)NC23CCC(NC(=O)COC4CCC(Cl)C(F)C4)(CC2)C[C@@H]3O)C1. The summed E-state index contributed by atoms with van der Waals surface area (Å²) in [6.45, 7) is 4.35. The summed E-state index contributed by atoms with van der Waals surface area (Å²) in [6.07, 6.45) is 5.51. The monoisotopic (exact) mass is 516 g/mol. The van der Waals surface area contributed by atoms with Gasteiger partial charge in [-0.3, -0.25) is 9.59 Å². The Morgan fingerprint density at radius 1 is 0.914 bits per heavy atom. The number of hydrogen-bond donors (Lipinski definition) is 3. The minimum atomic E-state index is -1.10. The van der Waals surface area contributed by atoms with Crippen molar-refractivity contribution in [2.75, 3.05) is 13.2 Å². The molecule has 7 nitrogen and oxygen atoms in total. The predicted molar refractivity (Wildman–Crippen MR) is 131 cm³/mol. The summed E-state index contributed by atoms with van der Waals surface area (Å²) in [7, 11) is 0. The lowest BCUT2D eigenvalue weighted by atomic mass is 9.60. The van der Waals surface area contributed by atoms with Crippen LogP contribution >= 0.6 is 11.6 Å². The lowest BCUT2D eigenvalue weighted by molar-refractivity contribution is -0.142. The third kappa shape index (κ3) is 6.68. The van der Waals surface area contributed by atoms with E-state index in [2.05, 4.69) is 24.5 Å². The predicted octanol–water partition coefficient (Wildman–Crippen LogP) is 3.39. The van der Waals surface area contributed by atoms with Gasteiger partial charge in [0.2, 0.25) is 11.8 Å². The molecule has 0 aromatic rings. The maximum Gasteiger partial charge on any atom is 0.246 e. The number of nitrogens with one attached hydrogen (secondary N) is 2. The molecule has 5 unspecified atom stereocenters. The van der Waals surface area contributed by atoms with Crippen LogP contribution in [0, 0.1) is 11.8 Å². The van der Waals surface area contributed by atoms with Gasteiger partial charge in [-0.15, -0.1) is 11.6 Å². The number of carbonyl (C=O) groups excluding carboxylic acids is 2. The van der Waals surface area contributed by atoms with E-state index in [-0.39, 0.29) is 43.7 Å². The van der Waals surface area contributed by atoms with Crippen LogP contribution in [0.3, 0.4) is 0 Å². The quantitative estimate of drug-likeness (QED) is 0.430. The van der Waals surface area contributed by atoms with E-state index in [1.165, 1.54) is 6.42 Å². The topological polar surface area (TPSA) is 96.9 Å². The maximum atomic E-state index is 13.8. The molecule has 0 radical (unpaired) electrons. The molecule has 35 heavy (non-hydrogen) atoms. The van der Waals surface area contributed by atoms with Gasteiger partial charge in [-0.05, 0) is 76.0 Å². The number of halogens is 2. The third-order valence-corrected chi connectivity index (χ3v) is 9.29. The zero-order valence-electron chi connectivity index (χ0n) is 21.1. The van der Waals surface area contributed by atoms with Crippen molar-refractivity contribution in [2.24, 2.45) is 11.8 Å². The molecule has 5 rings (SSSR count). The molecule has 3 N–H and O–H groups in total. The fourth-order valence-corrected chi connectivity index (χ4v) is 7.13. The lowest BCUT2D eigenvalue weighted by Gasteiger charge is -2.56. The molecule has 5 saturated carbocycles. The molecule has 2 bridgehead atoms. The van der Waals surface area contributed by atoms with E-state index in [1.54, 1.807) is 0 Å². The van der Waals surface area contributed by atoms with Crippen molar-refractivity contribution < 1.29 is 28.6 Å². The zero-order valence-corrected chi connectivity index (χ0v) is 21.8. The average Bonchev–Trinajstić information content (AvgIpc) is 2.79. The van der Waals surface area contributed by atoms with E-state index in [9.17, 15) is 19.1 Å². The fourth-order valence-electron chi connectivity index (χ4n) is 6.90. The number of rotatable bonds is 8. The molecule has 6 atom stereocenters. The van der Waals surface area contributed by atoms with Crippen LogP contribution < -0.4 is 10.6 Å². The molecule has 0 heterocycles. The molecule has 200 valence electrons. The third-order valence-electron chi connectivity index (χ3n) is 8.79. The molecular weight excluding hydrogens is 475 g/mol. The van der Waals surface area contributed by atoms with Crippen LogP contribution in [0.25, 0.3) is 0 Å². The van der Waals surface area contributed by atoms with Crippen molar-refractivity contribution in [1.29, 1.82) is 0 Å². The fraction of sp³-hybridized carbons (Fsp3) is 0.923. The Bertz CT molecular complexity index is 752. The van der Waals surface area contributed by atoms with E-state index >= 15 is 0 Å². The zero-order chi connectivity index (χ0) is 25.2. The minimum Gasteiger partial charge on any atom is -0.391 e. The number of amides is 2. The van der Waals surface area contributed by atoms with Crippen LogP contribution in [0.15, 0.2) is 0 Å². The van der Waals surface area contributed by atoms with Crippen molar-refractivity contribution >= 4 is 23.4 Å². The Hall–Kier alpha value is -0.960. The Morgan fingerprint density at radius 3 is 2.11 bits per heavy atom. The highest BCUT2D eigenvalue weighted by atomic mass is 35.5. The highest BCUT2D eigenvalue weighted by molar-refractivity contribution is 6.21. The average molecular weight is 517 g/mol. The first-order valence-electron chi connectivity index (χ1n) is 13.4. The van der Waals surface area contributed by atoms with Crippen molar-refractivity contribution in [3.63, 3.8) is 0 Å². The molecule has 2 amide bonds. The summed E-state index contributed by atoms with van der Waals surface area (Å²) in [5.41, 5.74) is -1.15. The van der Waals surface area contributed by atoms with Crippen LogP contribution in [-0.2, 0) is 19.1 Å². The molecular formula is C26H42ClFN2O5. The van der Waals surface area contributed by atoms with E-state index in [4.69, 9.17) is 21.1 Å². The lowest BCUT2D eigenvalue weighted by Crippen LogP contribution is -2.70. The van der Waals surface area contributed by atoms with E-state index in [0.717, 1.165) is 12.8 Å². The molecule has 5 aliphatic rings. The number of aliphatic hydroxyl groups is 1. The van der Waals surface area contributed by atoms with E-state index in [0.29, 0.717) is 56.8 Å². The highest BCUT2D eigenvalue weighted by Crippen LogP contribution is 2.47. The van der Waals surface area contributed by atoms with Crippen molar-refractivity contribution in [3.8, 4) is 0 Å². The summed E-state index contributed by atoms with van der Waals surface area (Å²) in [5, 5.41) is 16.6. The van der Waals surface area contributed by atoms with Gasteiger partial charge in [0.25, 0.3) is 0 Å².